The van der Waals surface area contributed by atoms with Gasteiger partial charge in [0.05, 0.1) is 6.54 Å². The average molecular weight is 345 g/mol. The van der Waals surface area contributed by atoms with Gasteiger partial charge in [-0.05, 0) is 30.9 Å². The van der Waals surface area contributed by atoms with Crippen molar-refractivity contribution in [1.82, 2.24) is 15.2 Å². The van der Waals surface area contributed by atoms with E-state index >= 15 is 0 Å². The topological polar surface area (TPSA) is 74.5 Å². The first kappa shape index (κ1) is 18.1. The Bertz CT molecular complexity index is 524. The maximum Gasteiger partial charge on any atom is 0.234 e. The minimum atomic E-state index is 0.118. The first-order chi connectivity index (χ1) is 12.3. The van der Waals surface area contributed by atoms with Crippen LogP contribution in [0.3, 0.4) is 0 Å². The molecule has 1 amide bonds. The van der Waals surface area contributed by atoms with E-state index in [1.807, 2.05) is 24.4 Å². The van der Waals surface area contributed by atoms with Gasteiger partial charge in [-0.3, -0.25) is 9.69 Å². The van der Waals surface area contributed by atoms with Gasteiger partial charge in [-0.2, -0.15) is 0 Å². The molecule has 6 nitrogen and oxygen atoms in total. The molecule has 6 heteroatoms. The van der Waals surface area contributed by atoms with Crippen molar-refractivity contribution < 1.29 is 4.79 Å². The van der Waals surface area contributed by atoms with Crippen LogP contribution in [0.5, 0.6) is 0 Å². The predicted octanol–water partition coefficient (Wildman–Crippen LogP) is 1.23. The minimum Gasteiger partial charge on any atom is -0.354 e. The molecule has 0 spiro atoms. The van der Waals surface area contributed by atoms with Gasteiger partial charge >= 0.3 is 0 Å². The van der Waals surface area contributed by atoms with Gasteiger partial charge in [-0.15, -0.1) is 0 Å². The Balaban J connectivity index is 1.42. The SMILES string of the molecule is NCC(NC(=O)CN1CCN(c2ccccn2)CC1)C1CCCCC1. The Morgan fingerprint density at radius 2 is 1.96 bits per heavy atom. The lowest BCUT2D eigenvalue weighted by atomic mass is 9.84. The zero-order valence-electron chi connectivity index (χ0n) is 15.1. The van der Waals surface area contributed by atoms with E-state index in [1.54, 1.807) is 0 Å². The molecule has 1 aliphatic heterocycles. The number of nitrogens with zero attached hydrogens (tertiary/aromatic N) is 3. The molecule has 1 unspecified atom stereocenters. The summed E-state index contributed by atoms with van der Waals surface area (Å²) in [7, 11) is 0. The molecule has 0 bridgehead atoms. The largest absolute Gasteiger partial charge is 0.354 e. The highest BCUT2D eigenvalue weighted by molar-refractivity contribution is 5.78. The van der Waals surface area contributed by atoms with E-state index in [1.165, 1.54) is 32.1 Å². The summed E-state index contributed by atoms with van der Waals surface area (Å²) in [5, 5.41) is 3.20. The summed E-state index contributed by atoms with van der Waals surface area (Å²) in [5.74, 6) is 1.70. The molecule has 0 radical (unpaired) electrons. The highest BCUT2D eigenvalue weighted by atomic mass is 16.2. The summed E-state index contributed by atoms with van der Waals surface area (Å²) < 4.78 is 0. The molecule has 2 aliphatic rings. The van der Waals surface area contributed by atoms with Crippen molar-refractivity contribution in [2.45, 2.75) is 38.1 Å². The fourth-order valence-corrected chi connectivity index (χ4v) is 4.04. The number of hydrogen-bond acceptors (Lipinski definition) is 5. The molecule has 0 aromatic carbocycles. The molecule has 1 aromatic rings. The standard InChI is InChI=1S/C19H31N5O/c20-14-17(16-6-2-1-3-7-16)22-19(25)15-23-10-12-24(13-11-23)18-8-4-5-9-21-18/h4-5,8-9,16-17H,1-3,6-7,10-15,20H2,(H,22,25). The number of anilines is 1. The average Bonchev–Trinajstić information content (AvgIpc) is 2.68. The first-order valence-corrected chi connectivity index (χ1v) is 9.64. The Hall–Kier alpha value is -1.66. The maximum atomic E-state index is 12.4. The summed E-state index contributed by atoms with van der Waals surface area (Å²) in [6, 6.07) is 6.13. The number of hydrogen-bond donors (Lipinski definition) is 2. The fraction of sp³-hybridized carbons (Fsp3) is 0.684. The highest BCUT2D eigenvalue weighted by Crippen LogP contribution is 2.26. The molecule has 1 atom stereocenters. The number of nitrogens with one attached hydrogen (secondary N) is 1. The number of piperazine rings is 1. The van der Waals surface area contributed by atoms with Crippen molar-refractivity contribution in [2.75, 3.05) is 44.2 Å². The van der Waals surface area contributed by atoms with E-state index in [9.17, 15) is 4.79 Å². The molecular formula is C19H31N5O. The van der Waals surface area contributed by atoms with Crippen LogP contribution in [0.15, 0.2) is 24.4 Å². The van der Waals surface area contributed by atoms with Crippen molar-refractivity contribution in [3.63, 3.8) is 0 Å². The van der Waals surface area contributed by atoms with Gasteiger partial charge in [-0.25, -0.2) is 4.98 Å². The quantitative estimate of drug-likeness (QED) is 0.811. The van der Waals surface area contributed by atoms with Crippen LogP contribution in [-0.2, 0) is 4.79 Å². The zero-order chi connectivity index (χ0) is 17.5. The lowest BCUT2D eigenvalue weighted by molar-refractivity contribution is -0.123. The normalized spacial score (nSPS) is 21.1. The van der Waals surface area contributed by atoms with E-state index in [4.69, 9.17) is 5.73 Å². The summed E-state index contributed by atoms with van der Waals surface area (Å²) in [6.45, 7) is 4.62. The van der Waals surface area contributed by atoms with Crippen LogP contribution in [0.4, 0.5) is 5.82 Å². The number of rotatable bonds is 6. The highest BCUT2D eigenvalue weighted by Gasteiger charge is 2.25. The Morgan fingerprint density at radius 1 is 1.20 bits per heavy atom. The molecule has 2 heterocycles. The molecule has 3 rings (SSSR count). The molecule has 1 aliphatic carbocycles. The van der Waals surface area contributed by atoms with Crippen molar-refractivity contribution in [3.8, 4) is 0 Å². The molecule has 138 valence electrons. The van der Waals surface area contributed by atoms with Crippen LogP contribution in [0, 0.1) is 5.92 Å². The van der Waals surface area contributed by atoms with Gasteiger partial charge in [0.15, 0.2) is 0 Å². The smallest absolute Gasteiger partial charge is 0.234 e. The van der Waals surface area contributed by atoms with E-state index in [0.717, 1.165) is 32.0 Å². The van der Waals surface area contributed by atoms with Gasteiger partial charge < -0.3 is 16.0 Å². The number of carbonyl (C=O) groups excluding carboxylic acids is 1. The Kier molecular flexibility index (Phi) is 6.64. The van der Waals surface area contributed by atoms with E-state index < -0.39 is 0 Å². The number of carbonyl (C=O) groups is 1. The second-order valence-electron chi connectivity index (χ2n) is 7.26. The third kappa shape index (κ3) is 5.16. The fourth-order valence-electron chi connectivity index (χ4n) is 4.04. The van der Waals surface area contributed by atoms with Crippen LogP contribution in [0.25, 0.3) is 0 Å². The molecule has 1 saturated heterocycles. The van der Waals surface area contributed by atoms with E-state index in [0.29, 0.717) is 19.0 Å². The van der Waals surface area contributed by atoms with Gasteiger partial charge in [0.1, 0.15) is 5.82 Å². The lowest BCUT2D eigenvalue weighted by Gasteiger charge is -2.35. The first-order valence-electron chi connectivity index (χ1n) is 9.64. The Labute approximate surface area is 150 Å². The van der Waals surface area contributed by atoms with Crippen LogP contribution >= 0.6 is 0 Å². The van der Waals surface area contributed by atoms with Gasteiger partial charge in [0, 0.05) is 45.0 Å². The molecule has 1 aromatic heterocycles. The number of nitrogens with two attached hydrogens (primary N) is 1. The van der Waals surface area contributed by atoms with Crippen molar-refractivity contribution in [3.05, 3.63) is 24.4 Å². The maximum absolute atomic E-state index is 12.4. The van der Waals surface area contributed by atoms with Crippen LogP contribution in [0.2, 0.25) is 0 Å². The third-order valence-corrected chi connectivity index (χ3v) is 5.53. The summed E-state index contributed by atoms with van der Waals surface area (Å²) in [6.07, 6.45) is 8.09. The summed E-state index contributed by atoms with van der Waals surface area (Å²) in [4.78, 5) is 21.3. The van der Waals surface area contributed by atoms with Gasteiger partial charge in [-0.1, -0.05) is 25.3 Å². The molecule has 25 heavy (non-hydrogen) atoms. The second kappa shape index (κ2) is 9.15. The predicted molar refractivity (Wildman–Crippen MR) is 100 cm³/mol. The van der Waals surface area contributed by atoms with E-state index in [2.05, 4.69) is 20.1 Å². The number of pyridine rings is 1. The molecular weight excluding hydrogens is 314 g/mol. The van der Waals surface area contributed by atoms with E-state index in [-0.39, 0.29) is 11.9 Å². The van der Waals surface area contributed by atoms with Crippen molar-refractivity contribution in [2.24, 2.45) is 11.7 Å². The van der Waals surface area contributed by atoms with Crippen molar-refractivity contribution in [1.29, 1.82) is 0 Å². The van der Waals surface area contributed by atoms with Crippen LogP contribution in [-0.4, -0.2) is 61.1 Å². The Morgan fingerprint density at radius 3 is 2.60 bits per heavy atom. The second-order valence-corrected chi connectivity index (χ2v) is 7.26. The van der Waals surface area contributed by atoms with Crippen molar-refractivity contribution >= 4 is 11.7 Å². The third-order valence-electron chi connectivity index (χ3n) is 5.53. The molecule has 3 N–H and O–H groups in total. The number of amides is 1. The minimum absolute atomic E-state index is 0.118. The van der Waals surface area contributed by atoms with Gasteiger partial charge in [0.25, 0.3) is 0 Å². The zero-order valence-corrected chi connectivity index (χ0v) is 15.1. The summed E-state index contributed by atoms with van der Waals surface area (Å²) in [5.41, 5.74) is 5.93. The molecule has 1 saturated carbocycles. The molecule has 2 fully saturated rings. The number of aromatic nitrogens is 1. The van der Waals surface area contributed by atoms with Gasteiger partial charge in [0.2, 0.25) is 5.91 Å². The van der Waals surface area contributed by atoms with Crippen LogP contribution in [0.1, 0.15) is 32.1 Å². The lowest BCUT2D eigenvalue weighted by Crippen LogP contribution is -2.52. The summed E-state index contributed by atoms with van der Waals surface area (Å²) >= 11 is 0. The van der Waals surface area contributed by atoms with Crippen LogP contribution < -0.4 is 16.0 Å². The monoisotopic (exact) mass is 345 g/mol.